The molecule has 3 aromatic rings. The lowest BCUT2D eigenvalue weighted by Crippen LogP contribution is -2.33. The Kier molecular flexibility index (Phi) is 6.89. The molecule has 174 valence electrons. The third-order valence-corrected chi connectivity index (χ3v) is 6.58. The molecule has 7 nitrogen and oxygen atoms in total. The first-order chi connectivity index (χ1) is 16.4. The number of nitrogens with zero attached hydrogens (tertiary/aromatic N) is 2. The van der Waals surface area contributed by atoms with Gasteiger partial charge in [0.25, 0.3) is 5.56 Å². The van der Waals surface area contributed by atoms with Gasteiger partial charge in [0.1, 0.15) is 18.2 Å². The molecule has 0 aliphatic carbocycles. The number of carbonyl (C=O) groups excluding carboxylic acids is 1. The van der Waals surface area contributed by atoms with Crippen LogP contribution in [0.5, 0.6) is 11.5 Å². The highest BCUT2D eigenvalue weighted by Gasteiger charge is 2.32. The van der Waals surface area contributed by atoms with Gasteiger partial charge >= 0.3 is 0 Å². The molecule has 1 aliphatic rings. The van der Waals surface area contributed by atoms with E-state index in [1.165, 1.54) is 31.0 Å². The fourth-order valence-electron chi connectivity index (χ4n) is 3.82. The number of thioether (sulfide) groups is 1. The summed E-state index contributed by atoms with van der Waals surface area (Å²) in [7, 11) is 3.26. The van der Waals surface area contributed by atoms with Crippen LogP contribution in [0, 0.1) is 18.2 Å². The molecule has 1 aromatic heterocycles. The van der Waals surface area contributed by atoms with Crippen LogP contribution < -0.4 is 20.3 Å². The normalized spacial score (nSPS) is 14.6. The summed E-state index contributed by atoms with van der Waals surface area (Å²) in [5, 5.41) is 3.27. The number of fused-ring (bicyclic) bond motifs is 1. The number of methoxy groups -OCH3 is 1. The lowest BCUT2D eigenvalue weighted by Gasteiger charge is -2.28. The fourth-order valence-corrected chi connectivity index (χ4v) is 4.74. The van der Waals surface area contributed by atoms with Gasteiger partial charge in [-0.3, -0.25) is 9.59 Å². The minimum atomic E-state index is -0.498. The van der Waals surface area contributed by atoms with Crippen molar-refractivity contribution in [2.24, 2.45) is 7.05 Å². The zero-order chi connectivity index (χ0) is 24.2. The van der Waals surface area contributed by atoms with Crippen LogP contribution >= 0.6 is 11.8 Å². The lowest BCUT2D eigenvalue weighted by molar-refractivity contribution is -0.116. The van der Waals surface area contributed by atoms with Crippen LogP contribution in [-0.4, -0.2) is 29.2 Å². The molecule has 1 aliphatic heterocycles. The molecular weight excluding hydrogens is 457 g/mol. The third-order valence-electron chi connectivity index (χ3n) is 5.48. The Morgan fingerprint density at radius 1 is 1.24 bits per heavy atom. The summed E-state index contributed by atoms with van der Waals surface area (Å²) in [6.07, 6.45) is 5.36. The van der Waals surface area contributed by atoms with Crippen molar-refractivity contribution in [2.75, 3.05) is 19.0 Å². The Morgan fingerprint density at radius 2 is 2.00 bits per heavy atom. The van der Waals surface area contributed by atoms with E-state index in [1.54, 1.807) is 41.9 Å². The molecule has 2 aromatic carbocycles. The van der Waals surface area contributed by atoms with E-state index in [1.807, 2.05) is 0 Å². The molecule has 0 spiro atoms. The molecular formula is C25H22FN3O4S. The van der Waals surface area contributed by atoms with E-state index < -0.39 is 11.5 Å². The van der Waals surface area contributed by atoms with Gasteiger partial charge in [-0.25, -0.2) is 4.39 Å². The third kappa shape index (κ3) is 4.77. The lowest BCUT2D eigenvalue weighted by atomic mass is 9.86. The predicted octanol–water partition coefficient (Wildman–Crippen LogP) is 3.71. The smallest absolute Gasteiger partial charge is 0.279 e. The Bertz CT molecular complexity index is 1330. The standard InChI is InChI=1S/C25H22FN3O4S/c1-4-11-33-19-10-7-16(12-20(19)32-3)18-13-21(30)27-23-22(18)24(31)28-25(29(23)2)34-14-15-5-8-17(26)9-6-15/h1,5-10,12,18H,11,13-14H2,2-3H3,(H,27,30)/t18-/m1/s1. The summed E-state index contributed by atoms with van der Waals surface area (Å²) in [6.45, 7) is 0.0905. The summed E-state index contributed by atoms with van der Waals surface area (Å²) in [5.41, 5.74) is 1.62. The van der Waals surface area contributed by atoms with Crippen LogP contribution in [0.3, 0.4) is 0 Å². The van der Waals surface area contributed by atoms with Gasteiger partial charge in [0.05, 0.1) is 12.7 Å². The van der Waals surface area contributed by atoms with Crippen LogP contribution in [0.15, 0.2) is 52.4 Å². The summed E-state index contributed by atoms with van der Waals surface area (Å²) >= 11 is 1.33. The van der Waals surface area contributed by atoms with Crippen molar-refractivity contribution < 1.29 is 18.7 Å². The first-order valence-corrected chi connectivity index (χ1v) is 11.4. The second-order valence-corrected chi connectivity index (χ2v) is 8.59. The van der Waals surface area contributed by atoms with Gasteiger partial charge < -0.3 is 19.4 Å². The Balaban J connectivity index is 1.69. The van der Waals surface area contributed by atoms with E-state index in [-0.39, 0.29) is 24.8 Å². The molecule has 0 fully saturated rings. The Morgan fingerprint density at radius 3 is 2.71 bits per heavy atom. The molecule has 1 N–H and O–H groups in total. The fraction of sp³-hybridized carbons (Fsp3) is 0.240. The van der Waals surface area contributed by atoms with Crippen LogP contribution in [0.2, 0.25) is 0 Å². The largest absolute Gasteiger partial charge is 0.493 e. The van der Waals surface area contributed by atoms with Crippen molar-refractivity contribution in [2.45, 2.75) is 23.2 Å². The number of halogens is 1. The molecule has 0 radical (unpaired) electrons. The summed E-state index contributed by atoms with van der Waals surface area (Å²) in [4.78, 5) is 30.0. The molecule has 0 saturated carbocycles. The highest BCUT2D eigenvalue weighted by Crippen LogP contribution is 2.39. The van der Waals surface area contributed by atoms with Gasteiger partial charge in [0.15, 0.2) is 16.7 Å². The zero-order valence-corrected chi connectivity index (χ0v) is 19.4. The monoisotopic (exact) mass is 479 g/mol. The number of aromatic nitrogens is 2. The number of nitrogens with one attached hydrogen (secondary N) is 1. The SMILES string of the molecule is C#CCOc1ccc([C@H]2CC(=O)Nc3c2c(=O)nc(SCc2ccc(F)cc2)n3C)cc1OC. The number of amides is 1. The maximum Gasteiger partial charge on any atom is 0.279 e. The van der Waals surface area contributed by atoms with Crippen LogP contribution in [0.1, 0.15) is 29.0 Å². The average Bonchev–Trinajstić information content (AvgIpc) is 2.84. The second kappa shape index (κ2) is 10.0. The quantitative estimate of drug-likeness (QED) is 0.316. The highest BCUT2D eigenvalue weighted by molar-refractivity contribution is 7.98. The minimum Gasteiger partial charge on any atom is -0.493 e. The second-order valence-electron chi connectivity index (χ2n) is 7.64. The average molecular weight is 480 g/mol. The van der Waals surface area contributed by atoms with E-state index in [4.69, 9.17) is 15.9 Å². The maximum absolute atomic E-state index is 13.2. The van der Waals surface area contributed by atoms with Gasteiger partial charge in [0.2, 0.25) is 5.91 Å². The molecule has 4 rings (SSSR count). The number of anilines is 1. The van der Waals surface area contributed by atoms with Crippen molar-refractivity contribution in [3.05, 3.63) is 75.3 Å². The number of hydrogen-bond acceptors (Lipinski definition) is 6. The summed E-state index contributed by atoms with van der Waals surface area (Å²) in [5.74, 6) is 3.22. The van der Waals surface area contributed by atoms with E-state index in [9.17, 15) is 14.0 Å². The molecule has 1 amide bonds. The first-order valence-electron chi connectivity index (χ1n) is 10.4. The Labute approximate surface area is 200 Å². The zero-order valence-electron chi connectivity index (χ0n) is 18.6. The van der Waals surface area contributed by atoms with Crippen LogP contribution in [-0.2, 0) is 17.6 Å². The van der Waals surface area contributed by atoms with Gasteiger partial charge in [-0.15, -0.1) is 6.42 Å². The van der Waals surface area contributed by atoms with Gasteiger partial charge in [-0.1, -0.05) is 35.9 Å². The van der Waals surface area contributed by atoms with Gasteiger partial charge in [-0.2, -0.15) is 4.98 Å². The molecule has 9 heteroatoms. The van der Waals surface area contributed by atoms with Gasteiger partial charge in [0, 0.05) is 25.1 Å². The number of rotatable bonds is 7. The van der Waals surface area contributed by atoms with Crippen molar-refractivity contribution in [3.63, 3.8) is 0 Å². The first kappa shape index (κ1) is 23.4. The van der Waals surface area contributed by atoms with E-state index >= 15 is 0 Å². The number of ether oxygens (including phenoxy) is 2. The van der Waals surface area contributed by atoms with E-state index in [0.717, 1.165) is 11.1 Å². The minimum absolute atomic E-state index is 0.0905. The predicted molar refractivity (Wildman–Crippen MR) is 128 cm³/mol. The number of benzene rings is 2. The molecule has 2 heterocycles. The molecule has 1 atom stereocenters. The highest BCUT2D eigenvalue weighted by atomic mass is 32.2. The number of carbonyl (C=O) groups is 1. The maximum atomic E-state index is 13.2. The van der Waals surface area contributed by atoms with Crippen molar-refractivity contribution in [1.29, 1.82) is 0 Å². The van der Waals surface area contributed by atoms with Crippen molar-refractivity contribution >= 4 is 23.5 Å². The molecule has 0 saturated heterocycles. The Hall–Kier alpha value is -3.77. The summed E-state index contributed by atoms with van der Waals surface area (Å²) < 4.78 is 25.8. The summed E-state index contributed by atoms with van der Waals surface area (Å²) in [6, 6.07) is 11.4. The van der Waals surface area contributed by atoms with E-state index in [0.29, 0.717) is 33.8 Å². The molecule has 0 bridgehead atoms. The topological polar surface area (TPSA) is 82.5 Å². The van der Waals surface area contributed by atoms with E-state index in [2.05, 4.69) is 16.2 Å². The van der Waals surface area contributed by atoms with Crippen molar-refractivity contribution in [1.82, 2.24) is 9.55 Å². The molecule has 0 unspecified atom stereocenters. The van der Waals surface area contributed by atoms with Crippen LogP contribution in [0.4, 0.5) is 10.2 Å². The van der Waals surface area contributed by atoms with Gasteiger partial charge in [-0.05, 0) is 35.4 Å². The van der Waals surface area contributed by atoms with Crippen LogP contribution in [0.25, 0.3) is 0 Å². The number of terminal acetylenes is 1. The van der Waals surface area contributed by atoms with Crippen molar-refractivity contribution in [3.8, 4) is 23.8 Å². The number of hydrogen-bond donors (Lipinski definition) is 1. The molecule has 34 heavy (non-hydrogen) atoms.